The number of carbonyl (C=O) groups is 1. The number of aliphatic hydroxyl groups is 1. The van der Waals surface area contributed by atoms with Crippen molar-refractivity contribution in [3.05, 3.63) is 65.7 Å². The number of ether oxygens (including phenoxy) is 1. The Morgan fingerprint density at radius 1 is 1.11 bits per heavy atom. The second-order valence-corrected chi connectivity index (χ2v) is 7.70. The summed E-state index contributed by atoms with van der Waals surface area (Å²) >= 11 is 0. The molecule has 4 heteroatoms. The fraction of sp³-hybridized carbons (Fsp3) is 0.435. The van der Waals surface area contributed by atoms with E-state index in [1.54, 1.807) is 12.0 Å². The predicted octanol–water partition coefficient (Wildman–Crippen LogP) is 3.84. The molecule has 1 atom stereocenters. The number of benzene rings is 2. The second-order valence-electron chi connectivity index (χ2n) is 7.70. The molecule has 4 nitrogen and oxygen atoms in total. The zero-order chi connectivity index (χ0) is 19.3. The Kier molecular flexibility index (Phi) is 6.17. The molecule has 1 aliphatic rings. The maximum absolute atomic E-state index is 13.0. The van der Waals surface area contributed by atoms with Crippen LogP contribution in [0.25, 0.3) is 0 Å². The van der Waals surface area contributed by atoms with E-state index >= 15 is 0 Å². The Morgan fingerprint density at radius 2 is 1.74 bits per heavy atom. The summed E-state index contributed by atoms with van der Waals surface area (Å²) in [6.45, 7) is 0.789. The molecule has 1 saturated carbocycles. The summed E-state index contributed by atoms with van der Waals surface area (Å²) in [5.74, 6) is 0.918. The van der Waals surface area contributed by atoms with Crippen LogP contribution in [-0.2, 0) is 4.79 Å². The molecule has 27 heavy (non-hydrogen) atoms. The first-order valence-electron chi connectivity index (χ1n) is 9.61. The summed E-state index contributed by atoms with van der Waals surface area (Å²) in [4.78, 5) is 14.8. The standard InChI is InChI=1S/C23H29NO3/c1-24(16-23(17-25)13-6-14-23)22(26)15-21(18-7-4-3-5-8-18)19-9-11-20(27-2)12-10-19/h3-5,7-12,21,25H,6,13-17H2,1-2H3/t21-/m1/s1. The Morgan fingerprint density at radius 3 is 2.26 bits per heavy atom. The van der Waals surface area contributed by atoms with Crippen LogP contribution in [0, 0.1) is 5.41 Å². The van der Waals surface area contributed by atoms with Crippen LogP contribution < -0.4 is 4.74 Å². The number of hydrogen-bond donors (Lipinski definition) is 1. The maximum atomic E-state index is 13.0. The third kappa shape index (κ3) is 4.51. The number of carbonyl (C=O) groups excluding carboxylic acids is 1. The largest absolute Gasteiger partial charge is 0.497 e. The van der Waals surface area contributed by atoms with Gasteiger partial charge in [0.05, 0.1) is 13.7 Å². The number of hydrogen-bond acceptors (Lipinski definition) is 3. The van der Waals surface area contributed by atoms with Crippen molar-refractivity contribution >= 4 is 5.91 Å². The number of amides is 1. The third-order valence-corrected chi connectivity index (χ3v) is 5.85. The van der Waals surface area contributed by atoms with Crippen LogP contribution in [0.3, 0.4) is 0 Å². The average Bonchev–Trinajstić information content (AvgIpc) is 2.69. The molecule has 0 heterocycles. The summed E-state index contributed by atoms with van der Waals surface area (Å²) in [6, 6.07) is 18.1. The smallest absolute Gasteiger partial charge is 0.223 e. The fourth-order valence-electron chi connectivity index (χ4n) is 3.91. The predicted molar refractivity (Wildman–Crippen MR) is 107 cm³/mol. The number of methoxy groups -OCH3 is 1. The molecule has 2 aromatic rings. The minimum absolute atomic E-state index is 0.00137. The van der Waals surface area contributed by atoms with E-state index in [9.17, 15) is 9.90 Å². The molecule has 0 saturated heterocycles. The van der Waals surface area contributed by atoms with Gasteiger partial charge in [0.1, 0.15) is 5.75 Å². The first-order chi connectivity index (χ1) is 13.1. The maximum Gasteiger partial charge on any atom is 0.223 e. The van der Waals surface area contributed by atoms with Gasteiger partial charge >= 0.3 is 0 Å². The van der Waals surface area contributed by atoms with Gasteiger partial charge in [0, 0.05) is 31.3 Å². The van der Waals surface area contributed by atoms with Gasteiger partial charge in [-0.1, -0.05) is 48.9 Å². The highest BCUT2D eigenvalue weighted by atomic mass is 16.5. The summed E-state index contributed by atoms with van der Waals surface area (Å²) in [5, 5.41) is 9.70. The van der Waals surface area contributed by atoms with Gasteiger partial charge in [-0.25, -0.2) is 0 Å². The summed E-state index contributed by atoms with van der Waals surface area (Å²) in [6.07, 6.45) is 3.55. The SMILES string of the molecule is COc1ccc([C@H](CC(=O)N(C)CC2(CO)CCC2)c2ccccc2)cc1. The molecule has 1 fully saturated rings. The summed E-state index contributed by atoms with van der Waals surface area (Å²) in [7, 11) is 3.51. The number of aliphatic hydroxyl groups excluding tert-OH is 1. The number of rotatable bonds is 8. The van der Waals surface area contributed by atoms with Crippen molar-refractivity contribution in [2.75, 3.05) is 27.3 Å². The lowest BCUT2D eigenvalue weighted by atomic mass is 9.69. The molecule has 0 radical (unpaired) electrons. The van der Waals surface area contributed by atoms with Gasteiger partial charge in [0.15, 0.2) is 0 Å². The molecule has 1 N–H and O–H groups in total. The monoisotopic (exact) mass is 367 g/mol. The van der Waals surface area contributed by atoms with E-state index in [1.165, 1.54) is 0 Å². The van der Waals surface area contributed by atoms with Gasteiger partial charge < -0.3 is 14.7 Å². The van der Waals surface area contributed by atoms with Crippen LogP contribution in [0.2, 0.25) is 0 Å². The lowest BCUT2D eigenvalue weighted by molar-refractivity contribution is -0.133. The molecule has 0 bridgehead atoms. The molecule has 0 spiro atoms. The average molecular weight is 367 g/mol. The Labute approximate surface area is 161 Å². The minimum Gasteiger partial charge on any atom is -0.497 e. The van der Waals surface area contributed by atoms with Crippen LogP contribution in [0.5, 0.6) is 5.75 Å². The topological polar surface area (TPSA) is 49.8 Å². The lowest BCUT2D eigenvalue weighted by Gasteiger charge is -2.43. The van der Waals surface area contributed by atoms with Crippen molar-refractivity contribution < 1.29 is 14.6 Å². The minimum atomic E-state index is -0.0905. The molecule has 144 valence electrons. The van der Waals surface area contributed by atoms with E-state index in [2.05, 4.69) is 12.1 Å². The molecular weight excluding hydrogens is 338 g/mol. The lowest BCUT2D eigenvalue weighted by Crippen LogP contribution is -2.45. The van der Waals surface area contributed by atoms with Crippen molar-refractivity contribution in [1.29, 1.82) is 0 Å². The highest BCUT2D eigenvalue weighted by Gasteiger charge is 2.38. The molecule has 1 amide bonds. The van der Waals surface area contributed by atoms with Gasteiger partial charge in [-0.2, -0.15) is 0 Å². The van der Waals surface area contributed by atoms with Crippen LogP contribution in [-0.4, -0.2) is 43.2 Å². The van der Waals surface area contributed by atoms with Crippen molar-refractivity contribution in [3.63, 3.8) is 0 Å². The molecule has 2 aromatic carbocycles. The highest BCUT2D eigenvalue weighted by molar-refractivity contribution is 5.77. The van der Waals surface area contributed by atoms with E-state index in [0.29, 0.717) is 13.0 Å². The van der Waals surface area contributed by atoms with Crippen LogP contribution in [0.1, 0.15) is 42.7 Å². The van der Waals surface area contributed by atoms with Crippen molar-refractivity contribution in [1.82, 2.24) is 4.90 Å². The van der Waals surface area contributed by atoms with Gasteiger partial charge in [-0.05, 0) is 36.1 Å². The first-order valence-corrected chi connectivity index (χ1v) is 9.61. The Balaban J connectivity index is 1.77. The third-order valence-electron chi connectivity index (χ3n) is 5.85. The second kappa shape index (κ2) is 8.57. The van der Waals surface area contributed by atoms with Crippen molar-refractivity contribution in [2.45, 2.75) is 31.6 Å². The van der Waals surface area contributed by atoms with Gasteiger partial charge in [-0.3, -0.25) is 4.79 Å². The normalized spacial score (nSPS) is 16.3. The van der Waals surface area contributed by atoms with Crippen molar-refractivity contribution in [2.24, 2.45) is 5.41 Å². The fourth-order valence-corrected chi connectivity index (χ4v) is 3.91. The molecule has 0 aliphatic heterocycles. The molecule has 0 unspecified atom stereocenters. The van der Waals surface area contributed by atoms with Crippen molar-refractivity contribution in [3.8, 4) is 5.75 Å². The first kappa shape index (κ1) is 19.4. The molecular formula is C23H29NO3. The quantitative estimate of drug-likeness (QED) is 0.771. The van der Waals surface area contributed by atoms with Crippen LogP contribution in [0.15, 0.2) is 54.6 Å². The van der Waals surface area contributed by atoms with E-state index in [-0.39, 0.29) is 23.8 Å². The zero-order valence-electron chi connectivity index (χ0n) is 16.2. The van der Waals surface area contributed by atoms with Gasteiger partial charge in [-0.15, -0.1) is 0 Å². The number of nitrogens with zero attached hydrogens (tertiary/aromatic N) is 1. The van der Waals surface area contributed by atoms with Crippen LogP contribution >= 0.6 is 0 Å². The molecule has 1 aliphatic carbocycles. The van der Waals surface area contributed by atoms with E-state index in [1.807, 2.05) is 49.5 Å². The van der Waals surface area contributed by atoms with Gasteiger partial charge in [0.25, 0.3) is 0 Å². The highest BCUT2D eigenvalue weighted by Crippen LogP contribution is 2.41. The van der Waals surface area contributed by atoms with Crippen LogP contribution in [0.4, 0.5) is 0 Å². The van der Waals surface area contributed by atoms with E-state index in [0.717, 1.165) is 36.1 Å². The van der Waals surface area contributed by atoms with Gasteiger partial charge in [0.2, 0.25) is 5.91 Å². The van der Waals surface area contributed by atoms with E-state index in [4.69, 9.17) is 4.74 Å². The Bertz CT molecular complexity index is 732. The molecule has 3 rings (SSSR count). The van der Waals surface area contributed by atoms with E-state index < -0.39 is 0 Å². The zero-order valence-corrected chi connectivity index (χ0v) is 16.2. The summed E-state index contributed by atoms with van der Waals surface area (Å²) in [5.41, 5.74) is 2.14. The Hall–Kier alpha value is -2.33. The summed E-state index contributed by atoms with van der Waals surface area (Å²) < 4.78 is 5.26. The molecule has 0 aromatic heterocycles.